The lowest BCUT2D eigenvalue weighted by molar-refractivity contribution is 0.0660. The molecule has 1 fully saturated rings. The molecule has 1 N–H and O–H groups in total. The maximum Gasteiger partial charge on any atom is 0.371 e. The van der Waals surface area contributed by atoms with Gasteiger partial charge < -0.3 is 9.52 Å². The van der Waals surface area contributed by atoms with Crippen molar-refractivity contribution in [3.63, 3.8) is 0 Å². The fraction of sp³-hybridized carbons (Fsp3) is 0.444. The molecule has 0 radical (unpaired) electrons. The van der Waals surface area contributed by atoms with Crippen LogP contribution in [0.25, 0.3) is 0 Å². The van der Waals surface area contributed by atoms with Gasteiger partial charge in [0.2, 0.25) is 5.76 Å². The molecule has 1 aliphatic rings. The first-order valence-electron chi connectivity index (χ1n) is 4.40. The van der Waals surface area contributed by atoms with Crippen molar-refractivity contribution < 1.29 is 22.7 Å². The van der Waals surface area contributed by atoms with Gasteiger partial charge in [-0.25, -0.2) is 13.2 Å². The normalized spacial score (nSPS) is 18.7. The summed E-state index contributed by atoms with van der Waals surface area (Å²) in [4.78, 5) is 10.6. The van der Waals surface area contributed by atoms with Crippen LogP contribution in [-0.2, 0) is 14.6 Å². The standard InChI is InChI=1S/C9H10O5S/c1-15(12,13)9(4-5-9)7-3-2-6(14-7)8(10)11/h2-3H,4-5H2,1H3,(H,10,11). The predicted molar refractivity (Wildman–Crippen MR) is 51.4 cm³/mol. The van der Waals surface area contributed by atoms with Crippen molar-refractivity contribution >= 4 is 15.8 Å². The highest BCUT2D eigenvalue weighted by molar-refractivity contribution is 7.91. The molecule has 1 saturated carbocycles. The maximum absolute atomic E-state index is 11.5. The van der Waals surface area contributed by atoms with Crippen LogP contribution in [-0.4, -0.2) is 25.7 Å². The van der Waals surface area contributed by atoms with Gasteiger partial charge in [-0.2, -0.15) is 0 Å². The van der Waals surface area contributed by atoms with Gasteiger partial charge in [0.05, 0.1) is 0 Å². The Balaban J connectivity index is 2.43. The number of furan rings is 1. The van der Waals surface area contributed by atoms with Gasteiger partial charge in [0.15, 0.2) is 9.84 Å². The van der Waals surface area contributed by atoms with Crippen LogP contribution in [0.4, 0.5) is 0 Å². The zero-order chi connectivity index (χ0) is 11.3. The van der Waals surface area contributed by atoms with Gasteiger partial charge in [0.25, 0.3) is 0 Å². The third-order valence-electron chi connectivity index (χ3n) is 2.68. The third kappa shape index (κ3) is 1.45. The number of aromatic carboxylic acids is 1. The number of carbonyl (C=O) groups is 1. The maximum atomic E-state index is 11.5. The minimum atomic E-state index is -3.24. The van der Waals surface area contributed by atoms with Gasteiger partial charge in [0.1, 0.15) is 10.5 Å². The van der Waals surface area contributed by atoms with Crippen molar-refractivity contribution in [3.05, 3.63) is 23.7 Å². The van der Waals surface area contributed by atoms with Crippen molar-refractivity contribution in [3.8, 4) is 0 Å². The van der Waals surface area contributed by atoms with Crippen LogP contribution in [0.3, 0.4) is 0 Å². The summed E-state index contributed by atoms with van der Waals surface area (Å²) in [6.45, 7) is 0. The Labute approximate surface area is 86.6 Å². The van der Waals surface area contributed by atoms with E-state index in [1.807, 2.05) is 0 Å². The molecule has 0 aromatic carbocycles. The van der Waals surface area contributed by atoms with Gasteiger partial charge in [-0.05, 0) is 25.0 Å². The Hall–Kier alpha value is -1.30. The lowest BCUT2D eigenvalue weighted by Gasteiger charge is -2.08. The fourth-order valence-corrected chi connectivity index (χ4v) is 2.93. The second kappa shape index (κ2) is 2.85. The molecule has 0 spiro atoms. The second-order valence-corrected chi connectivity index (χ2v) is 6.06. The Morgan fingerprint density at radius 1 is 1.47 bits per heavy atom. The highest BCUT2D eigenvalue weighted by Gasteiger charge is 2.56. The molecular formula is C9H10O5S. The molecule has 0 saturated heterocycles. The lowest BCUT2D eigenvalue weighted by atomic mass is 10.3. The number of rotatable bonds is 3. The van der Waals surface area contributed by atoms with E-state index in [-0.39, 0.29) is 11.5 Å². The average Bonchev–Trinajstić information content (AvgIpc) is 2.77. The number of carboxylic acids is 1. The van der Waals surface area contributed by atoms with E-state index in [0.717, 1.165) is 6.26 Å². The van der Waals surface area contributed by atoms with Crippen LogP contribution in [0.1, 0.15) is 29.2 Å². The summed E-state index contributed by atoms with van der Waals surface area (Å²) >= 11 is 0. The molecule has 0 atom stereocenters. The van der Waals surface area contributed by atoms with Crippen LogP contribution in [0.5, 0.6) is 0 Å². The number of sulfone groups is 1. The predicted octanol–water partition coefficient (Wildman–Crippen LogP) is 1.01. The molecule has 1 aliphatic carbocycles. The first-order valence-corrected chi connectivity index (χ1v) is 6.29. The molecular weight excluding hydrogens is 220 g/mol. The lowest BCUT2D eigenvalue weighted by Crippen LogP contribution is -2.18. The smallest absolute Gasteiger partial charge is 0.371 e. The summed E-state index contributed by atoms with van der Waals surface area (Å²) in [6, 6.07) is 2.71. The molecule has 5 nitrogen and oxygen atoms in total. The molecule has 0 aliphatic heterocycles. The number of hydrogen-bond donors (Lipinski definition) is 1. The second-order valence-electron chi connectivity index (χ2n) is 3.74. The Morgan fingerprint density at radius 3 is 2.40 bits per heavy atom. The summed E-state index contributed by atoms with van der Waals surface area (Å²) < 4.78 is 27.0. The van der Waals surface area contributed by atoms with Crippen molar-refractivity contribution in [2.24, 2.45) is 0 Å². The van der Waals surface area contributed by atoms with E-state index < -0.39 is 20.6 Å². The van der Waals surface area contributed by atoms with Gasteiger partial charge in [-0.1, -0.05) is 0 Å². The number of hydrogen-bond acceptors (Lipinski definition) is 4. The van der Waals surface area contributed by atoms with Crippen LogP contribution in [0.15, 0.2) is 16.5 Å². The monoisotopic (exact) mass is 230 g/mol. The van der Waals surface area contributed by atoms with E-state index in [1.54, 1.807) is 0 Å². The van der Waals surface area contributed by atoms with Crippen molar-refractivity contribution in [1.29, 1.82) is 0 Å². The van der Waals surface area contributed by atoms with E-state index in [9.17, 15) is 13.2 Å². The Kier molecular flexibility index (Phi) is 1.94. The summed E-state index contributed by atoms with van der Waals surface area (Å²) in [7, 11) is -3.24. The molecule has 1 aromatic rings. The van der Waals surface area contributed by atoms with E-state index in [0.29, 0.717) is 12.8 Å². The molecule has 15 heavy (non-hydrogen) atoms. The minimum absolute atomic E-state index is 0.222. The summed E-state index contributed by atoms with van der Waals surface area (Å²) in [5.41, 5.74) is 0. The molecule has 1 heterocycles. The first-order chi connectivity index (χ1) is 6.87. The molecule has 0 amide bonds. The molecule has 0 bridgehead atoms. The topological polar surface area (TPSA) is 84.6 Å². The molecule has 0 unspecified atom stereocenters. The highest BCUT2D eigenvalue weighted by Crippen LogP contribution is 2.52. The van der Waals surface area contributed by atoms with Crippen molar-refractivity contribution in [1.82, 2.24) is 0 Å². The van der Waals surface area contributed by atoms with Crippen LogP contribution < -0.4 is 0 Å². The minimum Gasteiger partial charge on any atom is -0.475 e. The molecule has 2 rings (SSSR count). The zero-order valence-electron chi connectivity index (χ0n) is 8.06. The SMILES string of the molecule is CS(=O)(=O)C1(c2ccc(C(=O)O)o2)CC1. The Bertz CT molecular complexity index is 506. The third-order valence-corrected chi connectivity index (χ3v) is 4.71. The van der Waals surface area contributed by atoms with Crippen molar-refractivity contribution in [2.75, 3.05) is 6.26 Å². The van der Waals surface area contributed by atoms with Gasteiger partial charge in [0, 0.05) is 6.26 Å². The summed E-state index contributed by atoms with van der Waals surface area (Å²) in [5, 5.41) is 8.64. The van der Waals surface area contributed by atoms with Crippen LogP contribution in [0.2, 0.25) is 0 Å². The van der Waals surface area contributed by atoms with Crippen LogP contribution in [0, 0.1) is 0 Å². The highest BCUT2D eigenvalue weighted by atomic mass is 32.2. The Morgan fingerprint density at radius 2 is 2.07 bits per heavy atom. The molecule has 1 aromatic heterocycles. The summed E-state index contributed by atoms with van der Waals surface area (Å²) in [6.07, 6.45) is 2.14. The number of carboxylic acid groups (broad SMARTS) is 1. The van der Waals surface area contributed by atoms with E-state index in [1.165, 1.54) is 12.1 Å². The van der Waals surface area contributed by atoms with E-state index in [4.69, 9.17) is 9.52 Å². The molecule has 6 heteroatoms. The van der Waals surface area contributed by atoms with Gasteiger partial charge >= 0.3 is 5.97 Å². The fourth-order valence-electron chi connectivity index (χ4n) is 1.61. The first kappa shape index (κ1) is 10.2. The van der Waals surface area contributed by atoms with Gasteiger partial charge in [-0.3, -0.25) is 0 Å². The van der Waals surface area contributed by atoms with E-state index in [2.05, 4.69) is 0 Å². The zero-order valence-corrected chi connectivity index (χ0v) is 8.87. The molecule has 82 valence electrons. The average molecular weight is 230 g/mol. The van der Waals surface area contributed by atoms with E-state index >= 15 is 0 Å². The van der Waals surface area contributed by atoms with Crippen LogP contribution >= 0.6 is 0 Å². The summed E-state index contributed by atoms with van der Waals surface area (Å²) in [5.74, 6) is -1.17. The van der Waals surface area contributed by atoms with Crippen molar-refractivity contribution in [2.45, 2.75) is 17.6 Å². The van der Waals surface area contributed by atoms with Gasteiger partial charge in [-0.15, -0.1) is 0 Å². The largest absolute Gasteiger partial charge is 0.475 e. The quantitative estimate of drug-likeness (QED) is 0.837.